The van der Waals surface area contributed by atoms with Crippen LogP contribution in [-0.2, 0) is 55.8 Å². The van der Waals surface area contributed by atoms with E-state index in [-0.39, 0.29) is 19.3 Å². The number of phosphoric ester groups is 2. The number of hydrogen-bond acceptors (Lipinski definition) is 14. The van der Waals surface area contributed by atoms with Crippen LogP contribution in [0, 0.1) is 0 Å². The summed E-state index contributed by atoms with van der Waals surface area (Å²) in [6, 6.07) is 0. The molecule has 0 aliphatic carbocycles. The van der Waals surface area contributed by atoms with Crippen molar-refractivity contribution >= 4 is 33.6 Å². The molecule has 0 aromatic rings. The Balaban J connectivity index is 4.68. The first-order chi connectivity index (χ1) is 54.2. The molecule has 18 heteroatoms. The van der Waals surface area contributed by atoms with Crippen molar-refractivity contribution < 1.29 is 75.8 Å². The van der Waals surface area contributed by atoms with Crippen LogP contribution in [0.1, 0.15) is 316 Å². The third-order valence-corrected chi connectivity index (χ3v) is 19.2. The molecule has 0 amide bonds. The SMILES string of the molecule is CC/C=C\C/C=C\C/C=C\C/C=C\C/C=C\C/C=C\CCCCCCC(=O)OCC(COP(=O)(O)OCC(O)COP(=O)(O)OCC(O)COC(=O)CCCCCCCCCCCCCCC/C=C\C/C=C\C/C=C\C/C=C\C/C=C\CC)OC(=O)CCCCCCCCC/C=C\C/C=C\C/C=C\C/C=C\C/C=C\CC. The normalized spacial score (nSPS) is 14.8. The maximum Gasteiger partial charge on any atom is 0.472 e. The summed E-state index contributed by atoms with van der Waals surface area (Å²) in [5.74, 6) is -1.62. The van der Waals surface area contributed by atoms with Crippen LogP contribution in [0.25, 0.3) is 0 Å². The van der Waals surface area contributed by atoms with Crippen molar-refractivity contribution in [2.75, 3.05) is 39.6 Å². The highest BCUT2D eigenvalue weighted by molar-refractivity contribution is 7.47. The summed E-state index contributed by atoms with van der Waals surface area (Å²) in [5.41, 5.74) is 0. The number of rotatable bonds is 79. The van der Waals surface area contributed by atoms with E-state index in [1.165, 1.54) is 57.8 Å². The molecular weight excluding hydrogens is 1430 g/mol. The number of aliphatic hydroxyl groups excluding tert-OH is 2. The van der Waals surface area contributed by atoms with Gasteiger partial charge in [-0.1, -0.05) is 331 Å². The Morgan fingerprint density at radius 3 is 0.712 bits per heavy atom. The fraction of sp³-hybridized carbons (Fsp3) is 0.624. The molecule has 4 N–H and O–H groups in total. The number of aliphatic hydroxyl groups is 2. The van der Waals surface area contributed by atoms with Gasteiger partial charge in [-0.25, -0.2) is 9.13 Å². The van der Waals surface area contributed by atoms with E-state index in [1.54, 1.807) is 0 Å². The van der Waals surface area contributed by atoms with Crippen molar-refractivity contribution in [3.05, 3.63) is 194 Å². The molecule has 0 fully saturated rings. The first-order valence-electron chi connectivity index (χ1n) is 42.7. The highest BCUT2D eigenvalue weighted by atomic mass is 31.2. The number of esters is 3. The Morgan fingerprint density at radius 1 is 0.252 bits per heavy atom. The highest BCUT2D eigenvalue weighted by Gasteiger charge is 2.29. The number of phosphoric acid groups is 2. The van der Waals surface area contributed by atoms with E-state index in [0.717, 1.165) is 199 Å². The molecule has 5 atom stereocenters. The van der Waals surface area contributed by atoms with Gasteiger partial charge in [0, 0.05) is 19.3 Å². The van der Waals surface area contributed by atoms with Crippen molar-refractivity contribution in [2.45, 2.75) is 334 Å². The first kappa shape index (κ1) is 105. The number of hydrogen-bond donors (Lipinski definition) is 4. The minimum absolute atomic E-state index is 0.0776. The molecule has 0 saturated carbocycles. The molecule has 0 rings (SSSR count). The van der Waals surface area contributed by atoms with Gasteiger partial charge in [0.1, 0.15) is 25.4 Å². The predicted octanol–water partition coefficient (Wildman–Crippen LogP) is 25.9. The number of ether oxygens (including phenoxy) is 3. The van der Waals surface area contributed by atoms with E-state index in [4.69, 9.17) is 32.3 Å². The van der Waals surface area contributed by atoms with Gasteiger partial charge >= 0.3 is 33.6 Å². The lowest BCUT2D eigenvalue weighted by atomic mass is 10.0. The summed E-state index contributed by atoms with van der Waals surface area (Å²) in [6.07, 6.45) is 110. The second kappa shape index (κ2) is 83.8. The topological polar surface area (TPSA) is 231 Å². The van der Waals surface area contributed by atoms with Crippen LogP contribution in [0.2, 0.25) is 0 Å². The smallest absolute Gasteiger partial charge is 0.463 e. The standard InChI is InChI=1S/C93H152O16P2/c1-4-7-10-13-16-19-22-25-28-31-34-37-40-41-42-43-44-45-48-50-52-55-58-61-64-67-70-73-76-79-91(96)103-82-88(94)83-105-110(99,100)106-84-89(95)85-107-111(101,102)108-87-90(109-93(98)81-78-75-72-69-66-63-60-57-54-51-47-39-36-33-30-27-24-21-18-15-12-9-6-3)86-104-92(97)80-77-74-71-68-65-62-59-56-53-49-46-38-35-32-29-26-23-20-17-14-11-8-5-2/h7-12,16-21,25-30,34-39,41-42,49,51,53-54,59,62,88-90,94-95H,4-6,13-15,22-24,31-33,40,43-48,50,52,55-58,60-61,63-87H2,1-3H3,(H,99,100)(H,101,102)/b10-7-,11-8-,12-9-,19-16-,20-17-,21-18-,28-25-,29-26-,30-27-,37-34-,38-35-,39-36-,42-41-,53-49-,54-51-,62-59-. The van der Waals surface area contributed by atoms with E-state index in [1.807, 2.05) is 0 Å². The van der Waals surface area contributed by atoms with E-state index in [0.29, 0.717) is 19.3 Å². The van der Waals surface area contributed by atoms with Gasteiger partial charge in [0.2, 0.25) is 0 Å². The number of carbonyl (C=O) groups is 3. The molecule has 0 aliphatic rings. The van der Waals surface area contributed by atoms with Crippen LogP contribution in [0.4, 0.5) is 0 Å². The van der Waals surface area contributed by atoms with Crippen molar-refractivity contribution in [3.8, 4) is 0 Å². The Bertz CT molecular complexity index is 2800. The second-order valence-corrected chi connectivity index (χ2v) is 30.7. The molecule has 0 radical (unpaired) electrons. The van der Waals surface area contributed by atoms with Crippen molar-refractivity contribution in [2.24, 2.45) is 0 Å². The number of unbranched alkanes of at least 4 members (excludes halogenated alkanes) is 24. The lowest BCUT2D eigenvalue weighted by molar-refractivity contribution is -0.161. The average molecular weight is 1590 g/mol. The lowest BCUT2D eigenvalue weighted by Gasteiger charge is -2.21. The third-order valence-electron chi connectivity index (χ3n) is 17.3. The van der Waals surface area contributed by atoms with Gasteiger partial charge in [0.15, 0.2) is 6.10 Å². The van der Waals surface area contributed by atoms with E-state index in [2.05, 4.69) is 215 Å². The zero-order valence-corrected chi connectivity index (χ0v) is 70.8. The summed E-state index contributed by atoms with van der Waals surface area (Å²) in [5, 5.41) is 20.7. The highest BCUT2D eigenvalue weighted by Crippen LogP contribution is 2.45. The molecule has 16 nitrogen and oxygen atoms in total. The molecule has 5 unspecified atom stereocenters. The zero-order chi connectivity index (χ0) is 80.8. The molecule has 0 saturated heterocycles. The van der Waals surface area contributed by atoms with Gasteiger partial charge in [0.25, 0.3) is 0 Å². The van der Waals surface area contributed by atoms with Crippen LogP contribution < -0.4 is 0 Å². The maximum atomic E-state index is 13.0. The fourth-order valence-corrected chi connectivity index (χ4v) is 12.5. The van der Waals surface area contributed by atoms with Crippen LogP contribution in [0.15, 0.2) is 194 Å². The summed E-state index contributed by atoms with van der Waals surface area (Å²) in [4.78, 5) is 58.9. The van der Waals surface area contributed by atoms with Gasteiger partial charge < -0.3 is 34.2 Å². The molecule has 0 aromatic carbocycles. The summed E-state index contributed by atoms with van der Waals surface area (Å²) >= 11 is 0. The average Bonchev–Trinajstić information content (AvgIpc) is 0.899. The minimum Gasteiger partial charge on any atom is -0.463 e. The summed E-state index contributed by atoms with van der Waals surface area (Å²) < 4.78 is 61.3. The molecule has 0 aliphatic heterocycles. The van der Waals surface area contributed by atoms with Gasteiger partial charge in [0.05, 0.1) is 26.4 Å². The van der Waals surface area contributed by atoms with Crippen LogP contribution in [-0.4, -0.2) is 95.9 Å². The fourth-order valence-electron chi connectivity index (χ4n) is 10.9. The lowest BCUT2D eigenvalue weighted by Crippen LogP contribution is -2.30. The molecule has 0 heterocycles. The summed E-state index contributed by atoms with van der Waals surface area (Å²) in [7, 11) is -9.83. The second-order valence-electron chi connectivity index (χ2n) is 27.8. The Hall–Kier alpha value is -5.61. The molecule has 111 heavy (non-hydrogen) atoms. The molecule has 0 aromatic heterocycles. The van der Waals surface area contributed by atoms with Crippen LogP contribution in [0.5, 0.6) is 0 Å². The van der Waals surface area contributed by atoms with E-state index < -0.39 is 91.5 Å². The quantitative estimate of drug-likeness (QED) is 0.0146. The summed E-state index contributed by atoms with van der Waals surface area (Å²) in [6.45, 7) is 2.30. The van der Waals surface area contributed by atoms with Gasteiger partial charge in [-0.3, -0.25) is 32.5 Å². The van der Waals surface area contributed by atoms with Crippen molar-refractivity contribution in [1.82, 2.24) is 0 Å². The third kappa shape index (κ3) is 85.1. The number of carbonyl (C=O) groups excluding carboxylic acids is 3. The molecule has 0 spiro atoms. The Morgan fingerprint density at radius 2 is 0.450 bits per heavy atom. The van der Waals surface area contributed by atoms with Crippen LogP contribution in [0.3, 0.4) is 0 Å². The zero-order valence-electron chi connectivity index (χ0n) is 69.1. The van der Waals surface area contributed by atoms with Gasteiger partial charge in [-0.05, 0) is 161 Å². The van der Waals surface area contributed by atoms with E-state index in [9.17, 15) is 43.5 Å². The van der Waals surface area contributed by atoms with E-state index >= 15 is 0 Å². The number of allylic oxidation sites excluding steroid dienone is 32. The maximum absolute atomic E-state index is 13.0. The molecule has 0 bridgehead atoms. The van der Waals surface area contributed by atoms with Crippen LogP contribution >= 0.6 is 15.6 Å². The first-order valence-corrected chi connectivity index (χ1v) is 45.7. The Labute approximate surface area is 674 Å². The molecular formula is C93H152O16P2. The van der Waals surface area contributed by atoms with Crippen molar-refractivity contribution in [1.29, 1.82) is 0 Å². The van der Waals surface area contributed by atoms with Gasteiger partial charge in [-0.15, -0.1) is 0 Å². The monoisotopic (exact) mass is 1590 g/mol. The van der Waals surface area contributed by atoms with Crippen molar-refractivity contribution in [3.63, 3.8) is 0 Å². The van der Waals surface area contributed by atoms with Gasteiger partial charge in [-0.2, -0.15) is 0 Å². The minimum atomic E-state index is -4.96. The molecule has 630 valence electrons. The Kier molecular flexibility index (Phi) is 79.6. The predicted molar refractivity (Wildman–Crippen MR) is 463 cm³/mol. The largest absolute Gasteiger partial charge is 0.472 e.